The van der Waals surface area contributed by atoms with Gasteiger partial charge in [0, 0.05) is 46.0 Å². The number of hydrogen-bond donors (Lipinski definition) is 0. The molecule has 2 heterocycles. The molecule has 1 atom stereocenters. The van der Waals surface area contributed by atoms with E-state index < -0.39 is 9.84 Å². The SMILES string of the molecule is COCCCn1c(CN(C)C[C@H]2Cc3ccccc3O2)cnc1S(C)(=O)=O. The molecule has 0 radical (unpaired) electrons. The van der Waals surface area contributed by atoms with Crippen LogP contribution < -0.4 is 4.74 Å². The number of aromatic nitrogens is 2. The van der Waals surface area contributed by atoms with E-state index in [9.17, 15) is 8.42 Å². The second-order valence-electron chi connectivity index (χ2n) is 7.05. The summed E-state index contributed by atoms with van der Waals surface area (Å²) in [5, 5.41) is 0.117. The Balaban J connectivity index is 1.67. The summed E-state index contributed by atoms with van der Waals surface area (Å²) in [4.78, 5) is 6.30. The van der Waals surface area contributed by atoms with Gasteiger partial charge in [0.1, 0.15) is 11.9 Å². The summed E-state index contributed by atoms with van der Waals surface area (Å²) in [6, 6.07) is 8.10. The van der Waals surface area contributed by atoms with Crippen molar-refractivity contribution in [2.24, 2.45) is 0 Å². The van der Waals surface area contributed by atoms with Crippen LogP contribution in [0.3, 0.4) is 0 Å². The first-order valence-electron chi connectivity index (χ1n) is 9.05. The number of imidazole rings is 1. The standard InChI is InChI=1S/C19H27N3O4S/c1-21(14-17-11-15-7-4-5-8-18(15)26-17)13-16-12-20-19(27(3,23)24)22(16)9-6-10-25-2/h4-5,7-8,12,17H,6,9-11,13-14H2,1-3H3/t17-/m1/s1. The fourth-order valence-electron chi connectivity index (χ4n) is 3.46. The Labute approximate surface area is 160 Å². The van der Waals surface area contributed by atoms with Gasteiger partial charge in [-0.05, 0) is 25.1 Å². The minimum atomic E-state index is -3.38. The van der Waals surface area contributed by atoms with Crippen LogP contribution in [-0.2, 0) is 34.1 Å². The van der Waals surface area contributed by atoms with Gasteiger partial charge in [0.2, 0.25) is 15.0 Å². The number of fused-ring (bicyclic) bond motifs is 1. The van der Waals surface area contributed by atoms with Crippen LogP contribution >= 0.6 is 0 Å². The summed E-state index contributed by atoms with van der Waals surface area (Å²) in [5.74, 6) is 0.958. The number of ether oxygens (including phenoxy) is 2. The predicted octanol–water partition coefficient (Wildman–Crippen LogP) is 1.76. The lowest BCUT2D eigenvalue weighted by Gasteiger charge is -2.21. The van der Waals surface area contributed by atoms with Gasteiger partial charge in [-0.1, -0.05) is 18.2 Å². The summed E-state index contributed by atoms with van der Waals surface area (Å²) in [7, 11) is 0.275. The minimum Gasteiger partial charge on any atom is -0.488 e. The van der Waals surface area contributed by atoms with Gasteiger partial charge in [-0.2, -0.15) is 0 Å². The Morgan fingerprint density at radius 1 is 1.37 bits per heavy atom. The van der Waals surface area contributed by atoms with Crippen molar-refractivity contribution in [1.82, 2.24) is 14.5 Å². The van der Waals surface area contributed by atoms with Crippen LogP contribution in [-0.4, -0.2) is 62.5 Å². The quantitative estimate of drug-likeness (QED) is 0.605. The van der Waals surface area contributed by atoms with Crippen molar-refractivity contribution in [3.05, 3.63) is 41.7 Å². The number of rotatable bonds is 9. The highest BCUT2D eigenvalue weighted by Crippen LogP contribution is 2.28. The Bertz CT molecular complexity index is 854. The molecule has 2 aromatic rings. The van der Waals surface area contributed by atoms with Gasteiger partial charge in [0.25, 0.3) is 0 Å². The highest BCUT2D eigenvalue weighted by atomic mass is 32.2. The molecule has 1 aromatic heterocycles. The molecule has 1 aliphatic heterocycles. The predicted molar refractivity (Wildman–Crippen MR) is 103 cm³/mol. The Morgan fingerprint density at radius 2 is 2.15 bits per heavy atom. The molecule has 0 spiro atoms. The van der Waals surface area contributed by atoms with Crippen molar-refractivity contribution in [3.63, 3.8) is 0 Å². The van der Waals surface area contributed by atoms with Gasteiger partial charge in [-0.3, -0.25) is 4.90 Å². The van der Waals surface area contributed by atoms with Crippen LogP contribution in [0.25, 0.3) is 0 Å². The molecule has 0 unspecified atom stereocenters. The lowest BCUT2D eigenvalue weighted by atomic mass is 10.1. The molecule has 0 fully saturated rings. The zero-order valence-electron chi connectivity index (χ0n) is 16.1. The molecule has 0 saturated carbocycles. The van der Waals surface area contributed by atoms with E-state index in [0.29, 0.717) is 19.7 Å². The molecule has 0 aliphatic carbocycles. The fraction of sp³-hybridized carbons (Fsp3) is 0.526. The van der Waals surface area contributed by atoms with E-state index in [1.54, 1.807) is 17.9 Å². The Morgan fingerprint density at radius 3 is 2.85 bits per heavy atom. The third-order valence-electron chi connectivity index (χ3n) is 4.62. The average Bonchev–Trinajstić information content (AvgIpc) is 3.18. The lowest BCUT2D eigenvalue weighted by Crippen LogP contribution is -2.32. The number of hydrogen-bond acceptors (Lipinski definition) is 6. The summed E-state index contributed by atoms with van der Waals surface area (Å²) in [6.45, 7) is 2.49. The fourth-order valence-corrected chi connectivity index (χ4v) is 4.32. The molecule has 0 N–H and O–H groups in total. The second kappa shape index (κ2) is 8.41. The highest BCUT2D eigenvalue weighted by Gasteiger charge is 2.25. The molecule has 3 rings (SSSR count). The zero-order chi connectivity index (χ0) is 19.4. The topological polar surface area (TPSA) is 73.7 Å². The average molecular weight is 394 g/mol. The van der Waals surface area contributed by atoms with Gasteiger partial charge in [0.05, 0.1) is 11.9 Å². The van der Waals surface area contributed by atoms with E-state index in [1.807, 2.05) is 25.2 Å². The smallest absolute Gasteiger partial charge is 0.227 e. The number of likely N-dealkylation sites (N-methyl/N-ethyl adjacent to an activating group) is 1. The van der Waals surface area contributed by atoms with Crippen molar-refractivity contribution in [1.29, 1.82) is 0 Å². The van der Waals surface area contributed by atoms with Gasteiger partial charge in [-0.25, -0.2) is 13.4 Å². The molecular weight excluding hydrogens is 366 g/mol. The van der Waals surface area contributed by atoms with Gasteiger partial charge in [0.15, 0.2) is 0 Å². The molecule has 8 heteroatoms. The van der Waals surface area contributed by atoms with Gasteiger partial charge in [-0.15, -0.1) is 0 Å². The van der Waals surface area contributed by atoms with Crippen LogP contribution in [0.1, 0.15) is 17.7 Å². The highest BCUT2D eigenvalue weighted by molar-refractivity contribution is 7.90. The van der Waals surface area contributed by atoms with E-state index >= 15 is 0 Å². The van der Waals surface area contributed by atoms with Crippen LogP contribution in [0.15, 0.2) is 35.6 Å². The molecule has 0 bridgehead atoms. The third kappa shape index (κ3) is 4.88. The second-order valence-corrected chi connectivity index (χ2v) is 8.96. The first-order valence-corrected chi connectivity index (χ1v) is 10.9. The number of benzene rings is 1. The molecule has 1 aliphatic rings. The molecule has 7 nitrogen and oxygen atoms in total. The molecule has 27 heavy (non-hydrogen) atoms. The third-order valence-corrected chi connectivity index (χ3v) is 5.61. The maximum absolute atomic E-state index is 12.0. The summed E-state index contributed by atoms with van der Waals surface area (Å²) in [6.07, 6.45) is 4.57. The molecular formula is C19H27N3O4S. The molecule has 0 saturated heterocycles. The minimum absolute atomic E-state index is 0.103. The Hall–Kier alpha value is -1.90. The van der Waals surface area contributed by atoms with Crippen molar-refractivity contribution in [2.75, 3.05) is 33.6 Å². The molecule has 148 valence electrons. The number of sulfone groups is 1. The maximum Gasteiger partial charge on any atom is 0.227 e. The van der Waals surface area contributed by atoms with Crippen LogP contribution in [0.4, 0.5) is 0 Å². The van der Waals surface area contributed by atoms with E-state index in [0.717, 1.165) is 30.8 Å². The molecule has 1 aromatic carbocycles. The van der Waals surface area contributed by atoms with Crippen molar-refractivity contribution in [3.8, 4) is 5.75 Å². The van der Waals surface area contributed by atoms with E-state index in [1.165, 1.54) is 11.8 Å². The lowest BCUT2D eigenvalue weighted by molar-refractivity contribution is 0.162. The van der Waals surface area contributed by atoms with E-state index in [-0.39, 0.29) is 11.3 Å². The summed E-state index contributed by atoms with van der Waals surface area (Å²) < 4.78 is 37.0. The van der Waals surface area contributed by atoms with Crippen LogP contribution in [0.2, 0.25) is 0 Å². The molecule has 0 amide bonds. The normalized spacial score (nSPS) is 16.5. The first-order chi connectivity index (χ1) is 12.9. The number of para-hydroxylation sites is 1. The number of nitrogens with zero attached hydrogens (tertiary/aromatic N) is 3. The summed E-state index contributed by atoms with van der Waals surface area (Å²) in [5.41, 5.74) is 2.12. The van der Waals surface area contributed by atoms with Crippen molar-refractivity contribution in [2.45, 2.75) is 37.2 Å². The monoisotopic (exact) mass is 393 g/mol. The Kier molecular flexibility index (Phi) is 6.18. The zero-order valence-corrected chi connectivity index (χ0v) is 16.9. The van der Waals surface area contributed by atoms with Gasteiger partial charge >= 0.3 is 0 Å². The maximum atomic E-state index is 12.0. The van der Waals surface area contributed by atoms with E-state index in [4.69, 9.17) is 9.47 Å². The van der Waals surface area contributed by atoms with E-state index in [2.05, 4.69) is 16.0 Å². The first kappa shape index (κ1) is 19.9. The van der Waals surface area contributed by atoms with Crippen molar-refractivity contribution < 1.29 is 17.9 Å². The van der Waals surface area contributed by atoms with Crippen molar-refractivity contribution >= 4 is 9.84 Å². The van der Waals surface area contributed by atoms with Crippen LogP contribution in [0.5, 0.6) is 5.75 Å². The van der Waals surface area contributed by atoms with Crippen LogP contribution in [0, 0.1) is 0 Å². The largest absolute Gasteiger partial charge is 0.488 e. The number of methoxy groups -OCH3 is 1. The van der Waals surface area contributed by atoms with Gasteiger partial charge < -0.3 is 14.0 Å². The summed E-state index contributed by atoms with van der Waals surface area (Å²) >= 11 is 0.